The van der Waals surface area contributed by atoms with Gasteiger partial charge in [0, 0.05) is 28.6 Å². The van der Waals surface area contributed by atoms with Crippen molar-refractivity contribution < 1.29 is 4.79 Å². The van der Waals surface area contributed by atoms with Crippen molar-refractivity contribution in [1.29, 1.82) is 0 Å². The summed E-state index contributed by atoms with van der Waals surface area (Å²) >= 11 is 1.71. The Labute approximate surface area is 132 Å². The fourth-order valence-electron chi connectivity index (χ4n) is 2.23. The minimum absolute atomic E-state index is 0.0704. The van der Waals surface area contributed by atoms with Crippen molar-refractivity contribution in [1.82, 2.24) is 20.1 Å². The summed E-state index contributed by atoms with van der Waals surface area (Å²) < 4.78 is 1.77. The van der Waals surface area contributed by atoms with E-state index in [1.165, 1.54) is 4.88 Å². The molecule has 0 aliphatic heterocycles. The van der Waals surface area contributed by atoms with E-state index in [1.54, 1.807) is 34.6 Å². The normalized spacial score (nSPS) is 12.0. The first kappa shape index (κ1) is 14.5. The largest absolute Gasteiger partial charge is 0.349 e. The zero-order valence-corrected chi connectivity index (χ0v) is 13.0. The Hall–Kier alpha value is -2.47. The summed E-state index contributed by atoms with van der Waals surface area (Å²) in [5, 5.41) is 12.6. The van der Waals surface area contributed by atoms with Crippen LogP contribution in [-0.4, -0.2) is 26.7 Å². The Bertz CT molecular complexity index is 737. The van der Waals surface area contributed by atoms with E-state index in [1.807, 2.05) is 36.6 Å². The molecule has 3 rings (SSSR count). The number of rotatable bonds is 5. The third-order valence-corrected chi connectivity index (χ3v) is 4.19. The van der Waals surface area contributed by atoms with Crippen LogP contribution >= 0.6 is 11.3 Å². The lowest BCUT2D eigenvalue weighted by molar-refractivity contribution is 0.0940. The number of aromatic nitrogens is 3. The number of amides is 1. The number of carbonyl (C=O) groups is 1. The minimum Gasteiger partial charge on any atom is -0.349 e. The molecule has 5 nitrogen and oxygen atoms in total. The van der Waals surface area contributed by atoms with Crippen LogP contribution in [0.1, 0.15) is 22.2 Å². The highest BCUT2D eigenvalue weighted by Gasteiger charge is 2.11. The molecule has 0 aliphatic rings. The summed E-state index contributed by atoms with van der Waals surface area (Å²) in [5.41, 5.74) is 1.49. The van der Waals surface area contributed by atoms with Gasteiger partial charge in [-0.3, -0.25) is 9.36 Å². The van der Waals surface area contributed by atoms with E-state index in [0.717, 1.165) is 12.1 Å². The zero-order chi connectivity index (χ0) is 15.4. The Morgan fingerprint density at radius 3 is 2.82 bits per heavy atom. The van der Waals surface area contributed by atoms with Gasteiger partial charge in [0.2, 0.25) is 0 Å². The fraction of sp³-hybridized carbons (Fsp3) is 0.188. The molecule has 0 saturated carbocycles. The molecule has 112 valence electrons. The zero-order valence-electron chi connectivity index (χ0n) is 12.1. The molecule has 0 saturated heterocycles. The third-order valence-electron chi connectivity index (χ3n) is 3.29. The van der Waals surface area contributed by atoms with Crippen molar-refractivity contribution >= 4 is 17.2 Å². The molecule has 1 N–H and O–H groups in total. The summed E-state index contributed by atoms with van der Waals surface area (Å²) in [6, 6.07) is 11.6. The maximum atomic E-state index is 12.4. The fourth-order valence-corrected chi connectivity index (χ4v) is 3.07. The van der Waals surface area contributed by atoms with E-state index in [9.17, 15) is 4.79 Å². The summed E-state index contributed by atoms with van der Waals surface area (Å²) in [5.74, 6) is -0.0704. The number of nitrogens with zero attached hydrogens (tertiary/aromatic N) is 3. The second kappa shape index (κ2) is 6.53. The molecule has 2 heterocycles. The molecule has 1 unspecified atom stereocenters. The first-order valence-electron chi connectivity index (χ1n) is 7.00. The van der Waals surface area contributed by atoms with Crippen LogP contribution in [0.4, 0.5) is 0 Å². The molecule has 1 amide bonds. The molecule has 6 heteroatoms. The highest BCUT2D eigenvalue weighted by Crippen LogP contribution is 2.13. The van der Waals surface area contributed by atoms with Gasteiger partial charge in [-0.1, -0.05) is 12.1 Å². The van der Waals surface area contributed by atoms with Gasteiger partial charge in [0.1, 0.15) is 12.7 Å². The molecule has 0 radical (unpaired) electrons. The van der Waals surface area contributed by atoms with Crippen molar-refractivity contribution in [2.24, 2.45) is 0 Å². The quantitative estimate of drug-likeness (QED) is 0.788. The topological polar surface area (TPSA) is 59.8 Å². The molecule has 0 aliphatic carbocycles. The lowest BCUT2D eigenvalue weighted by Crippen LogP contribution is -2.33. The number of thiophene rings is 1. The van der Waals surface area contributed by atoms with Gasteiger partial charge >= 0.3 is 0 Å². The van der Waals surface area contributed by atoms with Crippen molar-refractivity contribution in [3.8, 4) is 5.69 Å². The second-order valence-electron chi connectivity index (χ2n) is 5.08. The lowest BCUT2D eigenvalue weighted by Gasteiger charge is -2.13. The van der Waals surface area contributed by atoms with Crippen molar-refractivity contribution in [2.45, 2.75) is 19.4 Å². The first-order valence-corrected chi connectivity index (χ1v) is 7.88. The van der Waals surface area contributed by atoms with Crippen LogP contribution in [0.2, 0.25) is 0 Å². The summed E-state index contributed by atoms with van der Waals surface area (Å²) in [6.07, 6.45) is 4.06. The maximum Gasteiger partial charge on any atom is 0.251 e. The molecule has 0 bridgehead atoms. The van der Waals surface area contributed by atoms with Gasteiger partial charge in [0.05, 0.1) is 0 Å². The van der Waals surface area contributed by atoms with Gasteiger partial charge in [-0.25, -0.2) is 0 Å². The van der Waals surface area contributed by atoms with E-state index in [4.69, 9.17) is 0 Å². The molecule has 1 atom stereocenters. The van der Waals surface area contributed by atoms with Gasteiger partial charge in [0.15, 0.2) is 0 Å². The van der Waals surface area contributed by atoms with E-state index in [-0.39, 0.29) is 11.9 Å². The molecule has 2 aromatic heterocycles. The predicted molar refractivity (Wildman–Crippen MR) is 86.3 cm³/mol. The van der Waals surface area contributed by atoms with Gasteiger partial charge < -0.3 is 5.32 Å². The highest BCUT2D eigenvalue weighted by molar-refractivity contribution is 7.09. The van der Waals surface area contributed by atoms with E-state index < -0.39 is 0 Å². The smallest absolute Gasteiger partial charge is 0.251 e. The number of benzene rings is 1. The average Bonchev–Trinajstić information content (AvgIpc) is 3.20. The standard InChI is InChI=1S/C16H16N4OS/c1-12(8-15-6-3-7-22-15)19-16(21)13-4-2-5-14(9-13)20-10-17-18-11-20/h2-7,9-12H,8H2,1H3,(H,19,21). The average molecular weight is 312 g/mol. The van der Waals surface area contributed by atoms with Gasteiger partial charge in [-0.05, 0) is 36.6 Å². The third kappa shape index (κ3) is 3.40. The molecular weight excluding hydrogens is 296 g/mol. The van der Waals surface area contributed by atoms with Crippen molar-refractivity contribution in [3.63, 3.8) is 0 Å². The number of hydrogen-bond acceptors (Lipinski definition) is 4. The minimum atomic E-state index is -0.0704. The summed E-state index contributed by atoms with van der Waals surface area (Å²) in [7, 11) is 0. The van der Waals surface area contributed by atoms with Gasteiger partial charge in [0.25, 0.3) is 5.91 Å². The monoisotopic (exact) mass is 312 g/mol. The SMILES string of the molecule is CC(Cc1cccs1)NC(=O)c1cccc(-n2cnnc2)c1. The van der Waals surface area contributed by atoms with E-state index >= 15 is 0 Å². The van der Waals surface area contributed by atoms with Crippen molar-refractivity contribution in [2.75, 3.05) is 0 Å². The first-order chi connectivity index (χ1) is 10.7. The van der Waals surface area contributed by atoms with Crippen molar-refractivity contribution in [3.05, 3.63) is 64.9 Å². The second-order valence-corrected chi connectivity index (χ2v) is 6.11. The predicted octanol–water partition coefficient (Wildman–Crippen LogP) is 2.69. The molecule has 0 spiro atoms. The maximum absolute atomic E-state index is 12.4. The van der Waals surface area contributed by atoms with Gasteiger partial charge in [-0.2, -0.15) is 0 Å². The van der Waals surface area contributed by atoms with Gasteiger partial charge in [-0.15, -0.1) is 21.5 Å². The Morgan fingerprint density at radius 2 is 2.09 bits per heavy atom. The highest BCUT2D eigenvalue weighted by atomic mass is 32.1. The molecular formula is C16H16N4OS. The number of carbonyl (C=O) groups excluding carboxylic acids is 1. The summed E-state index contributed by atoms with van der Waals surface area (Å²) in [4.78, 5) is 13.6. The van der Waals surface area contributed by atoms with E-state index in [2.05, 4.69) is 21.6 Å². The van der Waals surface area contributed by atoms with Crippen LogP contribution in [0, 0.1) is 0 Å². The molecule has 3 aromatic rings. The van der Waals surface area contributed by atoms with Crippen LogP contribution in [0.3, 0.4) is 0 Å². The molecule has 0 fully saturated rings. The number of hydrogen-bond donors (Lipinski definition) is 1. The van der Waals surface area contributed by atoms with Crippen LogP contribution in [0.5, 0.6) is 0 Å². The number of nitrogens with one attached hydrogen (secondary N) is 1. The molecule has 22 heavy (non-hydrogen) atoms. The molecule has 1 aromatic carbocycles. The Balaban J connectivity index is 1.68. The summed E-state index contributed by atoms with van der Waals surface area (Å²) in [6.45, 7) is 2.02. The Kier molecular flexibility index (Phi) is 4.29. The van der Waals surface area contributed by atoms with Crippen LogP contribution in [-0.2, 0) is 6.42 Å². The lowest BCUT2D eigenvalue weighted by atomic mass is 10.1. The van der Waals surface area contributed by atoms with Crippen LogP contribution in [0.25, 0.3) is 5.69 Å². The van der Waals surface area contributed by atoms with Crippen LogP contribution in [0.15, 0.2) is 54.4 Å². The Morgan fingerprint density at radius 1 is 1.27 bits per heavy atom. The van der Waals surface area contributed by atoms with E-state index in [0.29, 0.717) is 5.56 Å². The van der Waals surface area contributed by atoms with Crippen LogP contribution < -0.4 is 5.32 Å².